The molecule has 3 aromatic rings. The monoisotopic (exact) mass is 443 g/mol. The number of nitrogens with one attached hydrogen (secondary N) is 1. The summed E-state index contributed by atoms with van der Waals surface area (Å²) in [6.07, 6.45) is 1.96. The maximum absolute atomic E-state index is 13.4. The topological polar surface area (TPSA) is 58.9 Å². The number of likely N-dealkylation sites (tertiary alicyclic amines) is 1. The summed E-state index contributed by atoms with van der Waals surface area (Å²) in [6.45, 7) is 8.28. The first-order chi connectivity index (χ1) is 14.4. The molecule has 1 fully saturated rings. The number of carbonyl (C=O) groups excluding carboxylic acids is 1. The van der Waals surface area contributed by atoms with E-state index in [0.29, 0.717) is 16.3 Å². The fourth-order valence-corrected chi connectivity index (χ4v) is 4.85. The first kappa shape index (κ1) is 20.9. The molecule has 8 heteroatoms. The van der Waals surface area contributed by atoms with E-state index in [-0.39, 0.29) is 11.8 Å². The Morgan fingerprint density at radius 1 is 1.30 bits per heavy atom. The number of carbonyl (C=O) groups is 1. The molecule has 3 heterocycles. The molecule has 2 aromatic heterocycles. The zero-order valence-corrected chi connectivity index (χ0v) is 19.1. The maximum Gasteiger partial charge on any atom is 0.255 e. The van der Waals surface area contributed by atoms with E-state index in [9.17, 15) is 4.79 Å². The molecule has 1 aromatic carbocycles. The van der Waals surface area contributed by atoms with E-state index < -0.39 is 0 Å². The summed E-state index contributed by atoms with van der Waals surface area (Å²) < 4.78 is 4.77. The molecule has 158 valence electrons. The van der Waals surface area contributed by atoms with Crippen molar-refractivity contribution in [3.05, 3.63) is 62.9 Å². The Hall–Kier alpha value is -2.38. The van der Waals surface area contributed by atoms with Crippen LogP contribution in [-0.2, 0) is 6.54 Å². The van der Waals surface area contributed by atoms with Gasteiger partial charge in [-0.25, -0.2) is 0 Å². The predicted octanol–water partition coefficient (Wildman–Crippen LogP) is 5.04. The standard InChI is InChI=1S/C22H26ClN5OS/c1-4-27-20(24-25-22(27)30)16-6-5-11-26(13-16)21(29)19-12-14(2)28(15(19)3)18-9-7-17(23)8-10-18/h7-10,12,16H,4-6,11,13H2,1-3H3,(H,25,30). The Balaban J connectivity index is 1.61. The second-order valence-corrected chi connectivity index (χ2v) is 8.64. The van der Waals surface area contributed by atoms with Gasteiger partial charge in [-0.1, -0.05) is 11.6 Å². The Labute approximate surface area is 186 Å². The van der Waals surface area contributed by atoms with Gasteiger partial charge in [0.25, 0.3) is 5.91 Å². The first-order valence-corrected chi connectivity index (χ1v) is 11.1. The van der Waals surface area contributed by atoms with Gasteiger partial charge in [0.2, 0.25) is 0 Å². The molecule has 1 unspecified atom stereocenters. The first-order valence-electron chi connectivity index (χ1n) is 10.3. The van der Waals surface area contributed by atoms with Crippen LogP contribution in [0.1, 0.15) is 53.3 Å². The summed E-state index contributed by atoms with van der Waals surface area (Å²) in [5, 5.41) is 8.05. The molecule has 4 rings (SSSR count). The molecule has 1 saturated heterocycles. The van der Waals surface area contributed by atoms with Crippen LogP contribution in [-0.4, -0.2) is 43.2 Å². The number of piperidine rings is 1. The van der Waals surface area contributed by atoms with Gasteiger partial charge in [0.05, 0.1) is 5.56 Å². The van der Waals surface area contributed by atoms with Crippen LogP contribution in [0.2, 0.25) is 5.02 Å². The molecule has 30 heavy (non-hydrogen) atoms. The Morgan fingerprint density at radius 3 is 2.73 bits per heavy atom. The number of nitrogens with zero attached hydrogens (tertiary/aromatic N) is 4. The number of rotatable bonds is 4. The number of halogens is 1. The third-order valence-corrected chi connectivity index (χ3v) is 6.49. The van der Waals surface area contributed by atoms with Crippen molar-refractivity contribution < 1.29 is 4.79 Å². The molecule has 0 radical (unpaired) electrons. The van der Waals surface area contributed by atoms with Gasteiger partial charge in [-0.2, -0.15) is 5.10 Å². The minimum absolute atomic E-state index is 0.0743. The maximum atomic E-state index is 13.4. The van der Waals surface area contributed by atoms with Crippen LogP contribution in [0.5, 0.6) is 0 Å². The third kappa shape index (κ3) is 3.72. The van der Waals surface area contributed by atoms with E-state index in [1.807, 2.05) is 53.6 Å². The van der Waals surface area contributed by atoms with Crippen molar-refractivity contribution >= 4 is 29.7 Å². The summed E-state index contributed by atoms with van der Waals surface area (Å²) in [4.78, 5) is 15.4. The summed E-state index contributed by atoms with van der Waals surface area (Å²) in [5.74, 6) is 1.21. The number of aromatic amines is 1. The molecule has 0 bridgehead atoms. The lowest BCUT2D eigenvalue weighted by atomic mass is 9.96. The van der Waals surface area contributed by atoms with E-state index in [4.69, 9.17) is 23.8 Å². The average molecular weight is 444 g/mol. The number of aryl methyl sites for hydroxylation is 1. The number of hydrogen-bond donors (Lipinski definition) is 1. The normalized spacial score (nSPS) is 16.8. The molecule has 1 amide bonds. The Bertz CT molecular complexity index is 1130. The number of benzene rings is 1. The van der Waals surface area contributed by atoms with E-state index in [0.717, 1.165) is 54.4 Å². The highest BCUT2D eigenvalue weighted by atomic mass is 35.5. The summed E-state index contributed by atoms with van der Waals surface area (Å²) in [6, 6.07) is 9.67. The minimum atomic E-state index is 0.0743. The zero-order valence-electron chi connectivity index (χ0n) is 17.5. The third-order valence-electron chi connectivity index (χ3n) is 5.92. The molecule has 1 aliphatic rings. The van der Waals surface area contributed by atoms with E-state index in [1.54, 1.807) is 0 Å². The van der Waals surface area contributed by atoms with Crippen molar-refractivity contribution in [1.29, 1.82) is 0 Å². The lowest BCUT2D eigenvalue weighted by Crippen LogP contribution is -2.40. The van der Waals surface area contributed by atoms with Gasteiger partial charge in [0, 0.05) is 47.7 Å². The Morgan fingerprint density at radius 2 is 2.03 bits per heavy atom. The smallest absolute Gasteiger partial charge is 0.255 e. The van der Waals surface area contributed by atoms with Crippen LogP contribution in [0, 0.1) is 18.6 Å². The quantitative estimate of drug-likeness (QED) is 0.574. The van der Waals surface area contributed by atoms with Crippen molar-refractivity contribution in [2.75, 3.05) is 13.1 Å². The molecule has 1 aliphatic heterocycles. The molecule has 1 N–H and O–H groups in total. The molecule has 0 aliphatic carbocycles. The van der Waals surface area contributed by atoms with Crippen LogP contribution in [0.4, 0.5) is 0 Å². The Kier molecular flexibility index (Phi) is 5.84. The molecular formula is C22H26ClN5OS. The molecule has 6 nitrogen and oxygen atoms in total. The van der Waals surface area contributed by atoms with E-state index in [1.165, 1.54) is 0 Å². The number of hydrogen-bond acceptors (Lipinski definition) is 3. The van der Waals surface area contributed by atoms with Gasteiger partial charge in [-0.15, -0.1) is 0 Å². The van der Waals surface area contributed by atoms with Crippen molar-refractivity contribution in [2.45, 2.75) is 46.1 Å². The van der Waals surface area contributed by atoms with Crippen molar-refractivity contribution in [3.63, 3.8) is 0 Å². The van der Waals surface area contributed by atoms with Gasteiger partial charge in [-0.3, -0.25) is 9.89 Å². The van der Waals surface area contributed by atoms with Crippen LogP contribution in [0.25, 0.3) is 5.69 Å². The molecule has 0 saturated carbocycles. The number of amides is 1. The highest BCUT2D eigenvalue weighted by Crippen LogP contribution is 2.29. The fraction of sp³-hybridized carbons (Fsp3) is 0.409. The van der Waals surface area contributed by atoms with Crippen molar-refractivity contribution in [1.82, 2.24) is 24.2 Å². The van der Waals surface area contributed by atoms with Crippen LogP contribution in [0.15, 0.2) is 30.3 Å². The molecule has 0 spiro atoms. The summed E-state index contributed by atoms with van der Waals surface area (Å²) in [5.41, 5.74) is 3.72. The van der Waals surface area contributed by atoms with Gasteiger partial charge in [0.15, 0.2) is 4.77 Å². The van der Waals surface area contributed by atoms with Gasteiger partial charge >= 0.3 is 0 Å². The predicted molar refractivity (Wildman–Crippen MR) is 121 cm³/mol. The lowest BCUT2D eigenvalue weighted by Gasteiger charge is -2.32. The fourth-order valence-electron chi connectivity index (χ4n) is 4.46. The summed E-state index contributed by atoms with van der Waals surface area (Å²) in [7, 11) is 0. The average Bonchev–Trinajstić information content (AvgIpc) is 3.27. The summed E-state index contributed by atoms with van der Waals surface area (Å²) >= 11 is 11.4. The van der Waals surface area contributed by atoms with Gasteiger partial charge in [0.1, 0.15) is 5.82 Å². The van der Waals surface area contributed by atoms with Crippen LogP contribution in [0.3, 0.4) is 0 Å². The SMILES string of the molecule is CCn1c(C2CCCN(C(=O)c3cc(C)n(-c4ccc(Cl)cc4)c3C)C2)n[nH]c1=S. The van der Waals surface area contributed by atoms with E-state index >= 15 is 0 Å². The van der Waals surface area contributed by atoms with Crippen LogP contribution < -0.4 is 0 Å². The van der Waals surface area contributed by atoms with E-state index in [2.05, 4.69) is 21.7 Å². The molecular weight excluding hydrogens is 418 g/mol. The van der Waals surface area contributed by atoms with Gasteiger partial charge in [-0.05, 0) is 76.2 Å². The van der Waals surface area contributed by atoms with Crippen LogP contribution >= 0.6 is 23.8 Å². The largest absolute Gasteiger partial charge is 0.338 e. The molecule has 1 atom stereocenters. The highest BCUT2D eigenvalue weighted by molar-refractivity contribution is 7.71. The van der Waals surface area contributed by atoms with Crippen molar-refractivity contribution in [2.24, 2.45) is 0 Å². The van der Waals surface area contributed by atoms with Gasteiger partial charge < -0.3 is 14.0 Å². The number of aromatic nitrogens is 4. The minimum Gasteiger partial charge on any atom is -0.338 e. The van der Waals surface area contributed by atoms with Crippen molar-refractivity contribution in [3.8, 4) is 5.69 Å². The zero-order chi connectivity index (χ0) is 21.4. The lowest BCUT2D eigenvalue weighted by molar-refractivity contribution is 0.0702. The second-order valence-electron chi connectivity index (χ2n) is 7.82. The second kappa shape index (κ2) is 8.40. The highest BCUT2D eigenvalue weighted by Gasteiger charge is 2.30. The number of H-pyrrole nitrogens is 1.